The van der Waals surface area contributed by atoms with Crippen LogP contribution in [0.3, 0.4) is 0 Å². The molecule has 4 heteroatoms. The van der Waals surface area contributed by atoms with E-state index in [9.17, 15) is 9.90 Å². The molecule has 18 heavy (non-hydrogen) atoms. The molecule has 0 saturated carbocycles. The highest BCUT2D eigenvalue weighted by molar-refractivity contribution is 6.31. The molecule has 92 valence electrons. The Hall–Kier alpha value is -2.00. The second kappa shape index (κ2) is 5.10. The number of carbonyl (C=O) groups excluding carboxylic acids is 1. The molecule has 2 aromatic rings. The number of amides is 1. The van der Waals surface area contributed by atoms with E-state index in [1.54, 1.807) is 36.4 Å². The largest absolute Gasteiger partial charge is 0.507 e. The molecular formula is C14H12ClNO2. The summed E-state index contributed by atoms with van der Waals surface area (Å²) in [4.78, 5) is 12.0. The fourth-order valence-electron chi connectivity index (χ4n) is 1.60. The Morgan fingerprint density at radius 3 is 2.61 bits per heavy atom. The number of carbonyl (C=O) groups is 1. The van der Waals surface area contributed by atoms with Crippen LogP contribution in [0.2, 0.25) is 5.02 Å². The zero-order chi connectivity index (χ0) is 13.1. The first-order chi connectivity index (χ1) is 8.59. The normalized spacial score (nSPS) is 10.1. The van der Waals surface area contributed by atoms with Crippen molar-refractivity contribution in [1.82, 2.24) is 0 Å². The van der Waals surface area contributed by atoms with Gasteiger partial charge in [0.1, 0.15) is 5.75 Å². The summed E-state index contributed by atoms with van der Waals surface area (Å²) in [5, 5.41) is 12.9. The van der Waals surface area contributed by atoms with Crippen LogP contribution in [-0.4, -0.2) is 11.0 Å². The molecule has 0 spiro atoms. The van der Waals surface area contributed by atoms with Gasteiger partial charge in [0, 0.05) is 10.7 Å². The average Bonchev–Trinajstić information content (AvgIpc) is 2.35. The first kappa shape index (κ1) is 12.5. The Balaban J connectivity index is 2.27. The van der Waals surface area contributed by atoms with Crippen molar-refractivity contribution >= 4 is 23.2 Å². The van der Waals surface area contributed by atoms with Gasteiger partial charge in [-0.2, -0.15) is 0 Å². The van der Waals surface area contributed by atoms with Crippen molar-refractivity contribution in [3.8, 4) is 5.75 Å². The number of para-hydroxylation sites is 1. The number of phenols is 1. The monoisotopic (exact) mass is 261 g/mol. The minimum atomic E-state index is -0.363. The first-order valence-electron chi connectivity index (χ1n) is 5.44. The molecule has 0 bridgehead atoms. The summed E-state index contributed by atoms with van der Waals surface area (Å²) in [7, 11) is 0. The van der Waals surface area contributed by atoms with Gasteiger partial charge < -0.3 is 10.4 Å². The minimum absolute atomic E-state index is 0.0466. The van der Waals surface area contributed by atoms with Crippen LogP contribution < -0.4 is 5.32 Å². The summed E-state index contributed by atoms with van der Waals surface area (Å²) in [6.07, 6.45) is 0. The molecule has 0 heterocycles. The number of phenolic OH excluding ortho intramolecular Hbond substituents is 1. The quantitative estimate of drug-likeness (QED) is 0.868. The zero-order valence-corrected chi connectivity index (χ0v) is 10.5. The van der Waals surface area contributed by atoms with Gasteiger partial charge in [0.05, 0.1) is 5.56 Å². The van der Waals surface area contributed by atoms with Crippen LogP contribution in [0, 0.1) is 6.92 Å². The topological polar surface area (TPSA) is 49.3 Å². The number of benzene rings is 2. The Kier molecular flexibility index (Phi) is 3.53. The van der Waals surface area contributed by atoms with Crippen molar-refractivity contribution in [2.75, 3.05) is 5.32 Å². The summed E-state index contributed by atoms with van der Waals surface area (Å²) in [6.45, 7) is 1.82. The van der Waals surface area contributed by atoms with Crippen molar-refractivity contribution < 1.29 is 9.90 Å². The van der Waals surface area contributed by atoms with E-state index in [1.165, 1.54) is 6.07 Å². The lowest BCUT2D eigenvalue weighted by Crippen LogP contribution is -2.12. The molecule has 0 atom stereocenters. The summed E-state index contributed by atoms with van der Waals surface area (Å²) >= 11 is 5.97. The number of aromatic hydroxyl groups is 1. The fraction of sp³-hybridized carbons (Fsp3) is 0.0714. The molecule has 0 aliphatic heterocycles. The third kappa shape index (κ3) is 2.46. The summed E-state index contributed by atoms with van der Waals surface area (Å²) in [6, 6.07) is 11.7. The Labute approximate surface area is 110 Å². The van der Waals surface area contributed by atoms with Gasteiger partial charge in [-0.15, -0.1) is 0 Å². The molecule has 1 amide bonds. The number of hydrogen-bond donors (Lipinski definition) is 2. The third-order valence-corrected chi connectivity index (χ3v) is 3.07. The van der Waals surface area contributed by atoms with Crippen molar-refractivity contribution in [3.63, 3.8) is 0 Å². The van der Waals surface area contributed by atoms with Crippen LogP contribution in [0.5, 0.6) is 5.75 Å². The molecule has 2 aromatic carbocycles. The SMILES string of the molecule is Cc1c(Cl)cccc1NC(=O)c1ccccc1O. The maximum absolute atomic E-state index is 12.0. The van der Waals surface area contributed by atoms with Crippen LogP contribution >= 0.6 is 11.6 Å². The van der Waals surface area contributed by atoms with Gasteiger partial charge >= 0.3 is 0 Å². The number of anilines is 1. The second-order valence-corrected chi connectivity index (χ2v) is 4.29. The lowest BCUT2D eigenvalue weighted by molar-refractivity contribution is 0.102. The number of rotatable bonds is 2. The molecule has 0 aliphatic rings. The molecule has 2 rings (SSSR count). The smallest absolute Gasteiger partial charge is 0.259 e. The summed E-state index contributed by atoms with van der Waals surface area (Å²) < 4.78 is 0. The van der Waals surface area contributed by atoms with E-state index in [-0.39, 0.29) is 17.2 Å². The van der Waals surface area contributed by atoms with Crippen LogP contribution in [0.4, 0.5) is 5.69 Å². The highest BCUT2D eigenvalue weighted by Crippen LogP contribution is 2.24. The molecule has 0 fully saturated rings. The van der Waals surface area contributed by atoms with Gasteiger partial charge in [-0.3, -0.25) is 4.79 Å². The van der Waals surface area contributed by atoms with E-state index in [0.29, 0.717) is 10.7 Å². The van der Waals surface area contributed by atoms with Crippen molar-refractivity contribution in [2.45, 2.75) is 6.92 Å². The van der Waals surface area contributed by atoms with Gasteiger partial charge in [-0.05, 0) is 36.8 Å². The molecule has 0 aromatic heterocycles. The van der Waals surface area contributed by atoms with E-state index in [2.05, 4.69) is 5.32 Å². The Morgan fingerprint density at radius 2 is 1.89 bits per heavy atom. The van der Waals surface area contributed by atoms with Crippen molar-refractivity contribution in [2.24, 2.45) is 0 Å². The van der Waals surface area contributed by atoms with E-state index in [4.69, 9.17) is 11.6 Å². The van der Waals surface area contributed by atoms with Gasteiger partial charge in [0.25, 0.3) is 5.91 Å². The molecular weight excluding hydrogens is 250 g/mol. The fourth-order valence-corrected chi connectivity index (χ4v) is 1.77. The van der Waals surface area contributed by atoms with Crippen molar-refractivity contribution in [1.29, 1.82) is 0 Å². The second-order valence-electron chi connectivity index (χ2n) is 3.88. The number of nitrogens with one attached hydrogen (secondary N) is 1. The van der Waals surface area contributed by atoms with Crippen LogP contribution in [0.1, 0.15) is 15.9 Å². The first-order valence-corrected chi connectivity index (χ1v) is 5.82. The maximum Gasteiger partial charge on any atom is 0.259 e. The highest BCUT2D eigenvalue weighted by atomic mass is 35.5. The van der Waals surface area contributed by atoms with Crippen molar-refractivity contribution in [3.05, 3.63) is 58.6 Å². The predicted molar refractivity (Wildman–Crippen MR) is 72.2 cm³/mol. The van der Waals surface area contributed by atoms with Gasteiger partial charge in [0.15, 0.2) is 0 Å². The third-order valence-electron chi connectivity index (χ3n) is 2.66. The number of halogens is 1. The lowest BCUT2D eigenvalue weighted by atomic mass is 10.1. The average molecular weight is 262 g/mol. The molecule has 3 nitrogen and oxygen atoms in total. The molecule has 2 N–H and O–H groups in total. The maximum atomic E-state index is 12.0. The van der Waals surface area contributed by atoms with Crippen LogP contribution in [0.25, 0.3) is 0 Å². The minimum Gasteiger partial charge on any atom is -0.507 e. The van der Waals surface area contributed by atoms with Gasteiger partial charge in [-0.25, -0.2) is 0 Å². The number of hydrogen-bond acceptors (Lipinski definition) is 2. The van der Waals surface area contributed by atoms with Crippen LogP contribution in [-0.2, 0) is 0 Å². The zero-order valence-electron chi connectivity index (χ0n) is 9.77. The standard InChI is InChI=1S/C14H12ClNO2/c1-9-11(15)6-4-7-12(9)16-14(18)10-5-2-3-8-13(10)17/h2-8,17H,1H3,(H,16,18). The van der Waals surface area contributed by atoms with Gasteiger partial charge in [-0.1, -0.05) is 29.8 Å². The van der Waals surface area contributed by atoms with Crippen LogP contribution in [0.15, 0.2) is 42.5 Å². The Bertz CT molecular complexity index is 596. The van der Waals surface area contributed by atoms with E-state index in [1.807, 2.05) is 6.92 Å². The lowest BCUT2D eigenvalue weighted by Gasteiger charge is -2.10. The van der Waals surface area contributed by atoms with Gasteiger partial charge in [0.2, 0.25) is 0 Å². The van der Waals surface area contributed by atoms with E-state index >= 15 is 0 Å². The molecule has 0 aliphatic carbocycles. The van der Waals surface area contributed by atoms with E-state index < -0.39 is 0 Å². The summed E-state index contributed by atoms with van der Waals surface area (Å²) in [5.41, 5.74) is 1.66. The summed E-state index contributed by atoms with van der Waals surface area (Å²) in [5.74, 6) is -0.409. The molecule has 0 radical (unpaired) electrons. The van der Waals surface area contributed by atoms with E-state index in [0.717, 1.165) is 5.56 Å². The predicted octanol–water partition coefficient (Wildman–Crippen LogP) is 3.61. The highest BCUT2D eigenvalue weighted by Gasteiger charge is 2.12. The molecule has 0 saturated heterocycles. The molecule has 0 unspecified atom stereocenters. The Morgan fingerprint density at radius 1 is 1.17 bits per heavy atom.